The van der Waals surface area contributed by atoms with E-state index in [2.05, 4.69) is 28.0 Å². The molecule has 1 saturated heterocycles. The number of nitrogens with zero attached hydrogens (tertiary/aromatic N) is 4. The maximum Gasteiger partial charge on any atom is 0.328 e. The number of methoxy groups -OCH3 is 1. The van der Waals surface area contributed by atoms with Crippen molar-refractivity contribution in [2.45, 2.75) is 108 Å². The van der Waals surface area contributed by atoms with Crippen LogP contribution in [0.3, 0.4) is 0 Å². The van der Waals surface area contributed by atoms with Gasteiger partial charge < -0.3 is 14.4 Å². The number of hydrogen-bond donors (Lipinski definition) is 0. The molecule has 0 spiro atoms. The summed E-state index contributed by atoms with van der Waals surface area (Å²) in [6.45, 7) is 7.38. The Morgan fingerprint density at radius 1 is 1.13 bits per heavy atom. The molecule has 250 valence electrons. The Hall–Kier alpha value is -2.52. The minimum absolute atomic E-state index is 0.0169. The van der Waals surface area contributed by atoms with E-state index < -0.39 is 6.04 Å². The lowest BCUT2D eigenvalue weighted by molar-refractivity contribution is -0.151. The highest BCUT2D eigenvalue weighted by Crippen LogP contribution is 2.51. The van der Waals surface area contributed by atoms with Crippen molar-refractivity contribution in [3.05, 3.63) is 64.1 Å². The molecule has 3 aliphatic rings. The second kappa shape index (κ2) is 14.3. The average Bonchev–Trinajstić information content (AvgIpc) is 3.40. The van der Waals surface area contributed by atoms with Crippen LogP contribution in [-0.4, -0.2) is 78.1 Å². The first-order valence-corrected chi connectivity index (χ1v) is 17.7. The molecule has 7 nitrogen and oxygen atoms in total. The van der Waals surface area contributed by atoms with E-state index >= 15 is 4.39 Å². The number of halogens is 2. The lowest BCUT2D eigenvalue weighted by Gasteiger charge is -2.53. The SMILES string of the molecule is CCOC(=O)C(c1ccc(F)c2c(C)nn(C3CCC(OC)CC3)c12)N(C)C1CC(CCN2CCCCC2)(c2cccc(Cl)c2)C1. The van der Waals surface area contributed by atoms with Crippen LogP contribution in [0.1, 0.15) is 100 Å². The smallest absolute Gasteiger partial charge is 0.328 e. The van der Waals surface area contributed by atoms with Gasteiger partial charge in [-0.2, -0.15) is 5.10 Å². The van der Waals surface area contributed by atoms with Crippen molar-refractivity contribution >= 4 is 28.5 Å². The number of esters is 1. The van der Waals surface area contributed by atoms with Crippen LogP contribution in [-0.2, 0) is 19.7 Å². The fourth-order valence-corrected chi connectivity index (χ4v) is 8.67. The monoisotopic (exact) mass is 652 g/mol. The second-order valence-electron chi connectivity index (χ2n) is 13.9. The first kappa shape index (κ1) is 33.4. The maximum absolute atomic E-state index is 15.5. The lowest BCUT2D eigenvalue weighted by atomic mass is 9.59. The fourth-order valence-electron chi connectivity index (χ4n) is 8.48. The van der Waals surface area contributed by atoms with Gasteiger partial charge in [-0.15, -0.1) is 0 Å². The maximum atomic E-state index is 15.5. The summed E-state index contributed by atoms with van der Waals surface area (Å²) in [4.78, 5) is 18.7. The summed E-state index contributed by atoms with van der Waals surface area (Å²) in [7, 11) is 3.80. The summed E-state index contributed by atoms with van der Waals surface area (Å²) >= 11 is 6.52. The van der Waals surface area contributed by atoms with Gasteiger partial charge in [0.05, 0.1) is 35.3 Å². The van der Waals surface area contributed by atoms with Crippen LogP contribution in [0.15, 0.2) is 36.4 Å². The molecule has 6 rings (SSSR count). The zero-order valence-electron chi connectivity index (χ0n) is 27.9. The van der Waals surface area contributed by atoms with Gasteiger partial charge in [0, 0.05) is 23.7 Å². The number of likely N-dealkylation sites (tertiary alicyclic amines) is 1. The molecule has 1 aromatic heterocycles. The van der Waals surface area contributed by atoms with Crippen molar-refractivity contribution in [3.63, 3.8) is 0 Å². The summed E-state index contributed by atoms with van der Waals surface area (Å²) in [5.41, 5.74) is 3.39. The van der Waals surface area contributed by atoms with Gasteiger partial charge in [-0.05, 0) is 127 Å². The van der Waals surface area contributed by atoms with Crippen LogP contribution >= 0.6 is 11.6 Å². The van der Waals surface area contributed by atoms with E-state index in [1.807, 2.05) is 31.6 Å². The predicted octanol–water partition coefficient (Wildman–Crippen LogP) is 7.78. The molecule has 1 atom stereocenters. The van der Waals surface area contributed by atoms with Crippen LogP contribution in [0.4, 0.5) is 4.39 Å². The summed E-state index contributed by atoms with van der Waals surface area (Å²) in [6, 6.07) is 11.2. The zero-order valence-corrected chi connectivity index (χ0v) is 28.7. The number of carbonyl (C=O) groups excluding carboxylic acids is 1. The van der Waals surface area contributed by atoms with E-state index in [0.717, 1.165) is 62.1 Å². The molecule has 0 radical (unpaired) electrons. The molecule has 3 fully saturated rings. The molecule has 2 aromatic carbocycles. The number of rotatable bonds is 11. The summed E-state index contributed by atoms with van der Waals surface area (Å²) < 4.78 is 28.9. The lowest BCUT2D eigenvalue weighted by Crippen LogP contribution is -2.55. The van der Waals surface area contributed by atoms with E-state index in [4.69, 9.17) is 26.2 Å². The topological polar surface area (TPSA) is 59.8 Å². The Morgan fingerprint density at radius 2 is 1.87 bits per heavy atom. The standard InChI is InChI=1S/C37H50ClFN4O3/c1-5-46-36(44)35(31-16-17-32(39)33-25(2)40-43(34(31)33)28-12-14-30(45-4)15-13-28)41(3)29-23-37(24-29,26-10-9-11-27(38)22-26)18-21-42-19-7-6-8-20-42/h9-11,16-17,22,28-30,35H,5-8,12-15,18-21,23-24H2,1-4H3. The van der Waals surface area contributed by atoms with Crippen molar-refractivity contribution < 1.29 is 18.7 Å². The molecular formula is C37H50ClFN4O3. The van der Waals surface area contributed by atoms with Gasteiger partial charge >= 0.3 is 5.97 Å². The van der Waals surface area contributed by atoms with E-state index in [-0.39, 0.29) is 42.0 Å². The van der Waals surface area contributed by atoms with Crippen LogP contribution < -0.4 is 0 Å². The molecule has 9 heteroatoms. The number of likely N-dealkylation sites (N-methyl/N-ethyl adjacent to an activating group) is 1. The summed E-state index contributed by atoms with van der Waals surface area (Å²) in [6.07, 6.45) is 10.6. The normalized spacial score (nSPS) is 26.3. The van der Waals surface area contributed by atoms with Crippen molar-refractivity contribution in [2.75, 3.05) is 40.4 Å². The number of benzene rings is 2. The van der Waals surface area contributed by atoms with Gasteiger partial charge in [0.15, 0.2) is 0 Å². The van der Waals surface area contributed by atoms with E-state index in [1.54, 1.807) is 13.2 Å². The number of piperidine rings is 1. The fraction of sp³-hybridized carbons (Fsp3) is 0.622. The van der Waals surface area contributed by atoms with Crippen molar-refractivity contribution in [3.8, 4) is 0 Å². The Bertz CT molecular complexity index is 1510. The third-order valence-electron chi connectivity index (χ3n) is 11.2. The minimum Gasteiger partial charge on any atom is -0.465 e. The van der Waals surface area contributed by atoms with Crippen LogP contribution in [0.5, 0.6) is 0 Å². The quantitative estimate of drug-likeness (QED) is 0.197. The first-order chi connectivity index (χ1) is 22.2. The van der Waals surface area contributed by atoms with Gasteiger partial charge in [0.25, 0.3) is 0 Å². The molecule has 1 aliphatic heterocycles. The number of fused-ring (bicyclic) bond motifs is 1. The highest BCUT2D eigenvalue weighted by Gasteiger charge is 2.49. The number of aromatic nitrogens is 2. The molecule has 46 heavy (non-hydrogen) atoms. The summed E-state index contributed by atoms with van der Waals surface area (Å²) in [5, 5.41) is 6.15. The molecular weight excluding hydrogens is 603 g/mol. The van der Waals surface area contributed by atoms with E-state index in [9.17, 15) is 4.79 Å². The predicted molar refractivity (Wildman–Crippen MR) is 181 cm³/mol. The second-order valence-corrected chi connectivity index (χ2v) is 14.3. The molecule has 2 aliphatic carbocycles. The minimum atomic E-state index is -0.683. The first-order valence-electron chi connectivity index (χ1n) is 17.3. The van der Waals surface area contributed by atoms with Gasteiger partial charge in [0.1, 0.15) is 11.9 Å². The molecule has 2 saturated carbocycles. The Labute approximate surface area is 278 Å². The van der Waals surface area contributed by atoms with Gasteiger partial charge in [-0.1, -0.05) is 36.2 Å². The highest BCUT2D eigenvalue weighted by molar-refractivity contribution is 6.30. The molecule has 0 N–H and O–H groups in total. The van der Waals surface area contributed by atoms with Crippen molar-refractivity contribution in [1.29, 1.82) is 0 Å². The van der Waals surface area contributed by atoms with Gasteiger partial charge in [-0.3, -0.25) is 9.58 Å². The molecule has 0 amide bonds. The molecule has 2 heterocycles. The number of carbonyl (C=O) groups is 1. The van der Waals surface area contributed by atoms with Crippen LogP contribution in [0.25, 0.3) is 10.9 Å². The third kappa shape index (κ3) is 6.60. The zero-order chi connectivity index (χ0) is 32.4. The van der Waals surface area contributed by atoms with Crippen LogP contribution in [0.2, 0.25) is 5.02 Å². The number of aryl methyl sites for hydroxylation is 1. The Kier molecular flexibility index (Phi) is 10.4. The summed E-state index contributed by atoms with van der Waals surface area (Å²) in [5.74, 6) is -0.611. The van der Waals surface area contributed by atoms with Crippen molar-refractivity contribution in [1.82, 2.24) is 19.6 Å². The number of hydrogen-bond acceptors (Lipinski definition) is 6. The van der Waals surface area contributed by atoms with E-state index in [1.165, 1.54) is 44.0 Å². The van der Waals surface area contributed by atoms with Crippen molar-refractivity contribution in [2.24, 2.45) is 0 Å². The molecule has 3 aromatic rings. The highest BCUT2D eigenvalue weighted by atomic mass is 35.5. The average molecular weight is 653 g/mol. The largest absolute Gasteiger partial charge is 0.465 e. The van der Waals surface area contributed by atoms with Gasteiger partial charge in [0.2, 0.25) is 0 Å². The molecule has 1 unspecified atom stereocenters. The number of ether oxygens (including phenoxy) is 2. The van der Waals surface area contributed by atoms with Crippen LogP contribution in [0, 0.1) is 12.7 Å². The van der Waals surface area contributed by atoms with Gasteiger partial charge in [-0.25, -0.2) is 9.18 Å². The molecule has 0 bridgehead atoms. The third-order valence-corrected chi connectivity index (χ3v) is 11.4. The Balaban J connectivity index is 1.33. The van der Waals surface area contributed by atoms with E-state index in [0.29, 0.717) is 16.6 Å². The Morgan fingerprint density at radius 3 is 2.54 bits per heavy atom.